The van der Waals surface area contributed by atoms with Gasteiger partial charge in [-0.3, -0.25) is 19.3 Å². The molecule has 2 amide bonds. The highest BCUT2D eigenvalue weighted by Gasteiger charge is 2.35. The highest BCUT2D eigenvalue weighted by molar-refractivity contribution is 6.30. The van der Waals surface area contributed by atoms with Crippen LogP contribution in [0.2, 0.25) is 5.02 Å². The van der Waals surface area contributed by atoms with Gasteiger partial charge in [0, 0.05) is 11.6 Å². The van der Waals surface area contributed by atoms with Crippen molar-refractivity contribution in [3.63, 3.8) is 0 Å². The number of ether oxygens (including phenoxy) is 1. The Morgan fingerprint density at radius 1 is 1.08 bits per heavy atom. The zero-order valence-corrected chi connectivity index (χ0v) is 13.7. The van der Waals surface area contributed by atoms with Crippen LogP contribution < -0.4 is 4.74 Å². The second kappa shape index (κ2) is 6.45. The number of nitrogens with zero attached hydrogens (tertiary/aromatic N) is 1. The van der Waals surface area contributed by atoms with Crippen LogP contribution in [0.5, 0.6) is 5.75 Å². The number of hydrogen-bond donors (Lipinski definition) is 0. The Morgan fingerprint density at radius 2 is 1.71 bits per heavy atom. The van der Waals surface area contributed by atoms with Crippen LogP contribution in [0, 0.1) is 6.92 Å². The Labute approximate surface area is 143 Å². The molecule has 0 aromatic heterocycles. The summed E-state index contributed by atoms with van der Waals surface area (Å²) in [5, 5.41) is 0.554. The smallest absolute Gasteiger partial charge is 0.313 e. The lowest BCUT2D eigenvalue weighted by atomic mass is 10.1. The first-order chi connectivity index (χ1) is 11.5. The number of aryl methyl sites for hydroxylation is 1. The van der Waals surface area contributed by atoms with Crippen LogP contribution in [-0.2, 0) is 4.79 Å². The third kappa shape index (κ3) is 3.03. The summed E-state index contributed by atoms with van der Waals surface area (Å²) in [5.41, 5.74) is 1.46. The van der Waals surface area contributed by atoms with Gasteiger partial charge in [0.15, 0.2) is 0 Å². The van der Waals surface area contributed by atoms with E-state index in [9.17, 15) is 14.4 Å². The van der Waals surface area contributed by atoms with Crippen molar-refractivity contribution in [1.82, 2.24) is 4.90 Å². The number of fused-ring (bicyclic) bond motifs is 1. The number of hydrogen-bond acceptors (Lipinski definition) is 4. The lowest BCUT2D eigenvalue weighted by molar-refractivity contribution is -0.134. The molecule has 0 saturated carbocycles. The molecule has 3 rings (SSSR count). The maximum Gasteiger partial charge on any atom is 0.313 e. The molecule has 0 N–H and O–H groups in total. The van der Waals surface area contributed by atoms with Crippen molar-refractivity contribution in [2.24, 2.45) is 0 Å². The number of esters is 1. The minimum Gasteiger partial charge on any atom is -0.426 e. The molecule has 5 nitrogen and oxygen atoms in total. The lowest BCUT2D eigenvalue weighted by Gasteiger charge is -2.13. The van der Waals surface area contributed by atoms with Crippen LogP contribution in [0.15, 0.2) is 42.5 Å². The maximum atomic E-state index is 12.2. The van der Waals surface area contributed by atoms with Crippen molar-refractivity contribution < 1.29 is 19.1 Å². The Morgan fingerprint density at radius 3 is 2.29 bits per heavy atom. The predicted molar refractivity (Wildman–Crippen MR) is 88.3 cm³/mol. The molecule has 24 heavy (non-hydrogen) atoms. The monoisotopic (exact) mass is 343 g/mol. The highest BCUT2D eigenvalue weighted by atomic mass is 35.5. The van der Waals surface area contributed by atoms with E-state index in [1.54, 1.807) is 49.4 Å². The van der Waals surface area contributed by atoms with E-state index in [0.717, 1.165) is 10.5 Å². The van der Waals surface area contributed by atoms with Crippen LogP contribution in [0.4, 0.5) is 0 Å². The number of halogens is 1. The molecule has 0 unspecified atom stereocenters. The summed E-state index contributed by atoms with van der Waals surface area (Å²) in [6, 6.07) is 11.5. The second-order valence-corrected chi connectivity index (χ2v) is 5.88. The minimum absolute atomic E-state index is 0.0161. The molecule has 2 aromatic carbocycles. The van der Waals surface area contributed by atoms with Crippen molar-refractivity contribution in [2.45, 2.75) is 13.3 Å². The van der Waals surface area contributed by atoms with Gasteiger partial charge in [0.2, 0.25) is 0 Å². The number of imide groups is 1. The molecule has 2 aromatic rings. The standard InChI is InChI=1S/C18H14ClNO4/c1-11-10-12(19)6-7-15(11)24-16(21)8-9-20-17(22)13-4-2-3-5-14(13)18(20)23/h2-7,10H,8-9H2,1H3. The normalized spacial score (nSPS) is 13.2. The Bertz CT molecular complexity index is 812. The van der Waals surface area contributed by atoms with Crippen LogP contribution >= 0.6 is 11.6 Å². The van der Waals surface area contributed by atoms with E-state index in [4.69, 9.17) is 16.3 Å². The molecule has 6 heteroatoms. The van der Waals surface area contributed by atoms with E-state index in [0.29, 0.717) is 21.9 Å². The molecule has 0 bridgehead atoms. The summed E-state index contributed by atoms with van der Waals surface area (Å²) in [5.74, 6) is -0.874. The summed E-state index contributed by atoms with van der Waals surface area (Å²) < 4.78 is 5.26. The molecule has 0 aliphatic carbocycles. The predicted octanol–water partition coefficient (Wildman–Crippen LogP) is 3.24. The number of carbonyl (C=O) groups excluding carboxylic acids is 3. The van der Waals surface area contributed by atoms with E-state index in [1.807, 2.05) is 0 Å². The third-order valence-electron chi connectivity index (χ3n) is 3.78. The number of carbonyl (C=O) groups is 3. The van der Waals surface area contributed by atoms with Gasteiger partial charge < -0.3 is 4.74 Å². The summed E-state index contributed by atoms with van der Waals surface area (Å²) in [6.45, 7) is 1.76. The van der Waals surface area contributed by atoms with Gasteiger partial charge in [-0.05, 0) is 42.8 Å². The van der Waals surface area contributed by atoms with E-state index in [1.165, 1.54) is 0 Å². The first-order valence-corrected chi connectivity index (χ1v) is 7.77. The average Bonchev–Trinajstić information content (AvgIpc) is 2.80. The molecular formula is C18H14ClNO4. The summed E-state index contributed by atoms with van der Waals surface area (Å²) in [4.78, 5) is 37.5. The van der Waals surface area contributed by atoms with Gasteiger partial charge in [-0.2, -0.15) is 0 Å². The summed E-state index contributed by atoms with van der Waals surface area (Å²) >= 11 is 5.85. The Kier molecular flexibility index (Phi) is 4.36. The van der Waals surface area contributed by atoms with Gasteiger partial charge in [-0.15, -0.1) is 0 Å². The molecule has 1 aliphatic heterocycles. The quantitative estimate of drug-likeness (QED) is 0.485. The third-order valence-corrected chi connectivity index (χ3v) is 4.01. The molecule has 1 aliphatic rings. The van der Waals surface area contributed by atoms with E-state index in [2.05, 4.69) is 0 Å². The van der Waals surface area contributed by atoms with Crippen molar-refractivity contribution in [3.05, 3.63) is 64.2 Å². The fourth-order valence-electron chi connectivity index (χ4n) is 2.55. The molecule has 0 spiro atoms. The van der Waals surface area contributed by atoms with Crippen LogP contribution in [0.3, 0.4) is 0 Å². The summed E-state index contributed by atoms with van der Waals surface area (Å²) in [7, 11) is 0. The molecular weight excluding hydrogens is 330 g/mol. The highest BCUT2D eigenvalue weighted by Crippen LogP contribution is 2.24. The van der Waals surface area contributed by atoms with Gasteiger partial charge in [0.05, 0.1) is 17.5 Å². The second-order valence-electron chi connectivity index (χ2n) is 5.44. The first kappa shape index (κ1) is 16.2. The molecule has 0 radical (unpaired) electrons. The molecule has 122 valence electrons. The maximum absolute atomic E-state index is 12.2. The van der Waals surface area contributed by atoms with Gasteiger partial charge in [0.25, 0.3) is 11.8 Å². The zero-order valence-electron chi connectivity index (χ0n) is 12.9. The molecule has 0 fully saturated rings. The van der Waals surface area contributed by atoms with Gasteiger partial charge in [-0.25, -0.2) is 0 Å². The van der Waals surface area contributed by atoms with E-state index in [-0.39, 0.29) is 24.8 Å². The van der Waals surface area contributed by atoms with E-state index >= 15 is 0 Å². The largest absolute Gasteiger partial charge is 0.426 e. The Hall–Kier alpha value is -2.66. The van der Waals surface area contributed by atoms with Crippen molar-refractivity contribution in [2.75, 3.05) is 6.54 Å². The summed E-state index contributed by atoms with van der Waals surface area (Å²) in [6.07, 6.45) is -0.0759. The molecule has 0 saturated heterocycles. The van der Waals surface area contributed by atoms with Crippen LogP contribution in [-0.4, -0.2) is 29.2 Å². The number of rotatable bonds is 4. The van der Waals surface area contributed by atoms with Crippen LogP contribution in [0.25, 0.3) is 0 Å². The average molecular weight is 344 g/mol. The lowest BCUT2D eigenvalue weighted by Crippen LogP contribution is -2.32. The topological polar surface area (TPSA) is 63.7 Å². The van der Waals surface area contributed by atoms with Crippen LogP contribution in [0.1, 0.15) is 32.7 Å². The van der Waals surface area contributed by atoms with Crippen molar-refractivity contribution in [3.8, 4) is 5.75 Å². The van der Waals surface area contributed by atoms with Gasteiger partial charge >= 0.3 is 5.97 Å². The van der Waals surface area contributed by atoms with Crippen molar-refractivity contribution >= 4 is 29.4 Å². The SMILES string of the molecule is Cc1cc(Cl)ccc1OC(=O)CCN1C(=O)c2ccccc2C1=O. The molecule has 1 heterocycles. The fraction of sp³-hybridized carbons (Fsp3) is 0.167. The van der Waals surface area contributed by atoms with E-state index < -0.39 is 5.97 Å². The Balaban J connectivity index is 1.63. The fourth-order valence-corrected chi connectivity index (χ4v) is 2.77. The zero-order chi connectivity index (χ0) is 17.3. The first-order valence-electron chi connectivity index (χ1n) is 7.39. The van der Waals surface area contributed by atoms with Crippen molar-refractivity contribution in [1.29, 1.82) is 0 Å². The minimum atomic E-state index is -0.517. The number of amides is 2. The molecule has 0 atom stereocenters. The number of benzene rings is 2. The van der Waals surface area contributed by atoms with Gasteiger partial charge in [-0.1, -0.05) is 23.7 Å². The van der Waals surface area contributed by atoms with Gasteiger partial charge in [0.1, 0.15) is 5.75 Å².